The highest BCUT2D eigenvalue weighted by molar-refractivity contribution is 7.89. The van der Waals surface area contributed by atoms with Crippen LogP contribution in [-0.4, -0.2) is 84.4 Å². The molecule has 29 heavy (non-hydrogen) atoms. The Morgan fingerprint density at radius 3 is 2.31 bits per heavy atom. The summed E-state index contributed by atoms with van der Waals surface area (Å²) in [6.07, 6.45) is 2.38. The first-order valence-corrected chi connectivity index (χ1v) is 11.6. The van der Waals surface area contributed by atoms with Gasteiger partial charge in [0.1, 0.15) is 4.90 Å². The van der Waals surface area contributed by atoms with Gasteiger partial charge in [-0.25, -0.2) is 8.42 Å². The minimum atomic E-state index is -3.60. The molecule has 1 spiro atoms. The average molecular weight is 427 g/mol. The number of rotatable bonds is 4. The Balaban J connectivity index is 1.50. The lowest BCUT2D eigenvalue weighted by molar-refractivity contribution is -0.213. The third-order valence-corrected chi connectivity index (χ3v) is 9.00. The van der Waals surface area contributed by atoms with E-state index < -0.39 is 16.1 Å². The molecule has 162 valence electrons. The summed E-state index contributed by atoms with van der Waals surface area (Å²) >= 11 is 0. The van der Waals surface area contributed by atoms with Crippen molar-refractivity contribution in [1.82, 2.24) is 19.0 Å². The van der Waals surface area contributed by atoms with E-state index in [-0.39, 0.29) is 17.5 Å². The normalized spacial score (nSPS) is 26.1. The Morgan fingerprint density at radius 1 is 1.17 bits per heavy atom. The summed E-state index contributed by atoms with van der Waals surface area (Å²) in [4.78, 5) is 15.1. The second-order valence-electron chi connectivity index (χ2n) is 8.30. The Morgan fingerprint density at radius 2 is 1.79 bits per heavy atom. The van der Waals surface area contributed by atoms with E-state index in [9.17, 15) is 13.2 Å². The van der Waals surface area contributed by atoms with Gasteiger partial charge in [0.2, 0.25) is 10.0 Å². The van der Waals surface area contributed by atoms with Gasteiger partial charge in [-0.1, -0.05) is 0 Å². The van der Waals surface area contributed by atoms with Gasteiger partial charge in [-0.15, -0.1) is 0 Å². The summed E-state index contributed by atoms with van der Waals surface area (Å²) in [5.41, 5.74) is 0.868. The zero-order valence-corrected chi connectivity index (χ0v) is 18.4. The van der Waals surface area contributed by atoms with Crippen LogP contribution in [0.3, 0.4) is 0 Å². The number of nitrogens with zero attached hydrogens (tertiary/aromatic N) is 4. The van der Waals surface area contributed by atoms with Gasteiger partial charge in [0.05, 0.1) is 16.9 Å². The summed E-state index contributed by atoms with van der Waals surface area (Å²) in [5.74, 6) is 0.0228. The number of carbonyl (C=O) groups excluding carboxylic acids is 1. The van der Waals surface area contributed by atoms with Gasteiger partial charge < -0.3 is 14.4 Å². The monoisotopic (exact) mass is 426 g/mol. The highest BCUT2D eigenvalue weighted by Crippen LogP contribution is 2.45. The Labute approximate surface area is 172 Å². The molecule has 0 saturated carbocycles. The number of hydrogen-bond donors (Lipinski definition) is 0. The van der Waals surface area contributed by atoms with Crippen LogP contribution in [0.25, 0.3) is 0 Å². The zero-order valence-electron chi connectivity index (χ0n) is 17.5. The summed E-state index contributed by atoms with van der Waals surface area (Å²) in [5, 5.41) is 4.25. The van der Waals surface area contributed by atoms with Crippen LogP contribution in [0.1, 0.15) is 37.1 Å². The maximum absolute atomic E-state index is 13.2. The SMILES string of the molecule is COC1C(=O)N(C2CCN(S(=O)(=O)c3c(C)nn(C)c3C)CC2)C12CCOCC2. The lowest BCUT2D eigenvalue weighted by Gasteiger charge is -2.61. The smallest absolute Gasteiger partial charge is 0.254 e. The molecule has 0 radical (unpaired) electrons. The molecule has 1 aromatic rings. The van der Waals surface area contributed by atoms with Crippen LogP contribution in [0.15, 0.2) is 4.90 Å². The van der Waals surface area contributed by atoms with Crippen molar-refractivity contribution in [1.29, 1.82) is 0 Å². The Hall–Kier alpha value is -1.49. The van der Waals surface area contributed by atoms with E-state index >= 15 is 0 Å². The molecule has 1 unspecified atom stereocenters. The number of sulfonamides is 1. The number of aromatic nitrogens is 2. The average Bonchev–Trinajstić information content (AvgIpc) is 2.95. The molecule has 0 N–H and O–H groups in total. The fourth-order valence-corrected chi connectivity index (χ4v) is 7.19. The maximum Gasteiger partial charge on any atom is 0.254 e. The van der Waals surface area contributed by atoms with Gasteiger partial charge >= 0.3 is 0 Å². The van der Waals surface area contributed by atoms with Gasteiger partial charge in [-0.05, 0) is 39.5 Å². The summed E-state index contributed by atoms with van der Waals surface area (Å²) in [7, 11) is -0.260. The van der Waals surface area contributed by atoms with Crippen LogP contribution in [0.2, 0.25) is 0 Å². The molecule has 3 fully saturated rings. The highest BCUT2D eigenvalue weighted by atomic mass is 32.2. The van der Waals surface area contributed by atoms with Crippen molar-refractivity contribution in [2.24, 2.45) is 7.05 Å². The molecular formula is C19H30N4O5S. The summed E-state index contributed by atoms with van der Waals surface area (Å²) < 4.78 is 40.6. The molecule has 9 nitrogen and oxygen atoms in total. The number of aryl methyl sites for hydroxylation is 2. The van der Waals surface area contributed by atoms with E-state index in [2.05, 4.69) is 5.10 Å². The topological polar surface area (TPSA) is 94.0 Å². The third-order valence-electron chi connectivity index (χ3n) is 6.85. The standard InChI is InChI=1S/C19H30N4O5S/c1-13-16(14(2)21(3)20-13)29(25,26)22-9-5-15(6-10-22)23-18(24)17(27-4)19(23)7-11-28-12-8-19/h15,17H,5-12H2,1-4H3. The zero-order chi connectivity index (χ0) is 21.0. The van der Waals surface area contributed by atoms with E-state index in [1.807, 2.05) is 4.90 Å². The minimum absolute atomic E-state index is 0.0228. The van der Waals surface area contributed by atoms with Gasteiger partial charge in [0.25, 0.3) is 5.91 Å². The second kappa shape index (κ2) is 7.33. The maximum atomic E-state index is 13.2. The number of methoxy groups -OCH3 is 1. The molecular weight excluding hydrogens is 396 g/mol. The van der Waals surface area contributed by atoms with Crippen LogP contribution in [-0.2, 0) is 31.3 Å². The highest BCUT2D eigenvalue weighted by Gasteiger charge is 2.62. The largest absolute Gasteiger partial charge is 0.381 e. The number of ether oxygens (including phenoxy) is 2. The molecule has 0 aliphatic carbocycles. The lowest BCUT2D eigenvalue weighted by atomic mass is 9.72. The number of piperidine rings is 1. The third kappa shape index (κ3) is 3.03. The first kappa shape index (κ1) is 20.8. The molecule has 1 aromatic heterocycles. The lowest BCUT2D eigenvalue weighted by Crippen LogP contribution is -2.79. The Kier molecular flexibility index (Phi) is 5.25. The van der Waals surface area contributed by atoms with Crippen LogP contribution >= 0.6 is 0 Å². The van der Waals surface area contributed by atoms with Gasteiger partial charge in [0.15, 0.2) is 6.10 Å². The first-order chi connectivity index (χ1) is 13.7. The fraction of sp³-hybridized carbons (Fsp3) is 0.789. The second-order valence-corrected chi connectivity index (χ2v) is 10.2. The predicted octanol–water partition coefficient (Wildman–Crippen LogP) is 0.596. The van der Waals surface area contributed by atoms with Crippen molar-refractivity contribution < 1.29 is 22.7 Å². The molecule has 1 amide bonds. The van der Waals surface area contributed by atoms with Crippen molar-refractivity contribution in [3.63, 3.8) is 0 Å². The molecule has 3 aliphatic heterocycles. The summed E-state index contributed by atoms with van der Waals surface area (Å²) in [6.45, 7) is 5.54. The van der Waals surface area contributed by atoms with Gasteiger partial charge in [-0.3, -0.25) is 9.48 Å². The molecule has 1 atom stereocenters. The van der Waals surface area contributed by atoms with E-state index in [1.165, 1.54) is 4.31 Å². The number of carbonyl (C=O) groups is 1. The molecule has 4 rings (SSSR count). The van der Waals surface area contributed by atoms with E-state index in [4.69, 9.17) is 9.47 Å². The fourth-order valence-electron chi connectivity index (χ4n) is 5.32. The first-order valence-electron chi connectivity index (χ1n) is 10.2. The molecule has 0 bridgehead atoms. The molecule has 3 saturated heterocycles. The van der Waals surface area contributed by atoms with Crippen LogP contribution in [0.5, 0.6) is 0 Å². The number of β-lactam (4-membered cyclic amide) rings is 1. The quantitative estimate of drug-likeness (QED) is 0.655. The molecule has 0 aromatic carbocycles. The minimum Gasteiger partial charge on any atom is -0.381 e. The van der Waals surface area contributed by atoms with E-state index in [0.717, 1.165) is 12.8 Å². The molecule has 3 aliphatic rings. The van der Waals surface area contributed by atoms with Crippen molar-refractivity contribution in [3.05, 3.63) is 11.4 Å². The van der Waals surface area contributed by atoms with Crippen molar-refractivity contribution in [3.8, 4) is 0 Å². The van der Waals surface area contributed by atoms with E-state index in [1.54, 1.807) is 32.7 Å². The van der Waals surface area contributed by atoms with Gasteiger partial charge in [0, 0.05) is 46.5 Å². The molecule has 4 heterocycles. The van der Waals surface area contributed by atoms with Crippen LogP contribution in [0.4, 0.5) is 0 Å². The van der Waals surface area contributed by atoms with Crippen molar-refractivity contribution in [2.75, 3.05) is 33.4 Å². The van der Waals surface area contributed by atoms with Crippen LogP contribution in [0, 0.1) is 13.8 Å². The number of likely N-dealkylation sites (tertiary alicyclic amines) is 1. The van der Waals surface area contributed by atoms with Crippen molar-refractivity contribution in [2.45, 2.75) is 62.1 Å². The van der Waals surface area contributed by atoms with E-state index in [0.29, 0.717) is 55.4 Å². The number of amides is 1. The Bertz CT molecular complexity index is 898. The molecule has 10 heteroatoms. The predicted molar refractivity (Wildman–Crippen MR) is 105 cm³/mol. The van der Waals surface area contributed by atoms with Crippen LogP contribution < -0.4 is 0 Å². The van der Waals surface area contributed by atoms with Gasteiger partial charge in [-0.2, -0.15) is 9.40 Å². The summed E-state index contributed by atoms with van der Waals surface area (Å²) in [6, 6.07) is 0.0366. The van der Waals surface area contributed by atoms with Crippen molar-refractivity contribution >= 4 is 15.9 Å². The number of hydrogen-bond acceptors (Lipinski definition) is 6.